The van der Waals surface area contributed by atoms with Crippen LogP contribution in [0.25, 0.3) is 0 Å². The van der Waals surface area contributed by atoms with Gasteiger partial charge in [0.25, 0.3) is 0 Å². The number of ether oxygens (including phenoxy) is 3. The molecule has 0 spiro atoms. The predicted octanol–water partition coefficient (Wildman–Crippen LogP) is 4.73. The van der Waals surface area contributed by atoms with E-state index in [0.717, 1.165) is 22.6 Å². The van der Waals surface area contributed by atoms with E-state index in [0.29, 0.717) is 29.9 Å². The second-order valence-corrected chi connectivity index (χ2v) is 8.50. The number of methoxy groups -OCH3 is 2. The van der Waals surface area contributed by atoms with Gasteiger partial charge in [-0.1, -0.05) is 18.2 Å². The molecule has 4 rings (SSSR count). The predicted molar refractivity (Wildman–Crippen MR) is 126 cm³/mol. The van der Waals surface area contributed by atoms with E-state index >= 15 is 0 Å². The van der Waals surface area contributed by atoms with Crippen LogP contribution in [0.2, 0.25) is 0 Å². The Balaban J connectivity index is 1.75. The van der Waals surface area contributed by atoms with E-state index in [1.807, 2.05) is 31.2 Å². The van der Waals surface area contributed by atoms with Crippen molar-refractivity contribution in [3.05, 3.63) is 64.9 Å². The Morgan fingerprint density at radius 1 is 1.03 bits per heavy atom. The molecule has 34 heavy (non-hydrogen) atoms. The van der Waals surface area contributed by atoms with Crippen LogP contribution >= 0.6 is 0 Å². The molecule has 1 aliphatic heterocycles. The standard InChI is InChI=1S/C27H26N2O5/c1-15-21(14-28)26(18-7-10-24(34-16(2)30)25(13-18)33-4)27-22(29-15)11-19(12-23(27)31)17-5-8-20(32-3)9-6-17/h5-10,13,19,21,26H,11-12H2,1-4H3/t19-,21?,26+/m0/s1. The first-order valence-corrected chi connectivity index (χ1v) is 11.1. The molecule has 0 fully saturated rings. The Kier molecular flexibility index (Phi) is 6.51. The fourth-order valence-corrected chi connectivity index (χ4v) is 4.81. The Morgan fingerprint density at radius 2 is 1.74 bits per heavy atom. The highest BCUT2D eigenvalue weighted by Gasteiger charge is 2.41. The number of aliphatic imine (C=N–C) groups is 1. The highest BCUT2D eigenvalue weighted by Crippen LogP contribution is 2.47. The van der Waals surface area contributed by atoms with E-state index in [-0.39, 0.29) is 17.5 Å². The number of carbonyl (C=O) groups is 2. The van der Waals surface area contributed by atoms with Gasteiger partial charge in [0.1, 0.15) is 5.75 Å². The quantitative estimate of drug-likeness (QED) is 0.475. The van der Waals surface area contributed by atoms with Crippen molar-refractivity contribution in [2.45, 2.75) is 38.5 Å². The largest absolute Gasteiger partial charge is 0.497 e. The second kappa shape index (κ2) is 9.52. The van der Waals surface area contributed by atoms with Crippen LogP contribution in [0, 0.1) is 17.2 Å². The van der Waals surface area contributed by atoms with Crippen LogP contribution in [0.5, 0.6) is 17.2 Å². The van der Waals surface area contributed by atoms with Crippen LogP contribution in [-0.2, 0) is 9.59 Å². The van der Waals surface area contributed by atoms with Crippen molar-refractivity contribution >= 4 is 17.5 Å². The lowest BCUT2D eigenvalue weighted by Gasteiger charge is -2.35. The first-order chi connectivity index (χ1) is 16.4. The fraction of sp³-hybridized carbons (Fsp3) is 0.333. The summed E-state index contributed by atoms with van der Waals surface area (Å²) in [6, 6.07) is 15.2. The second-order valence-electron chi connectivity index (χ2n) is 8.50. The van der Waals surface area contributed by atoms with Gasteiger partial charge in [0.2, 0.25) is 0 Å². The number of Topliss-reactive ketones (excluding diaryl/α,β-unsaturated/α-hetero) is 1. The molecule has 0 saturated heterocycles. The minimum Gasteiger partial charge on any atom is -0.497 e. The van der Waals surface area contributed by atoms with E-state index in [4.69, 9.17) is 19.2 Å². The van der Waals surface area contributed by atoms with Gasteiger partial charge in [-0.05, 0) is 54.7 Å². The maximum atomic E-state index is 13.5. The lowest BCUT2D eigenvalue weighted by atomic mass is 9.69. The average molecular weight is 459 g/mol. The number of hydrogen-bond acceptors (Lipinski definition) is 7. The number of hydrogen-bond donors (Lipinski definition) is 0. The smallest absolute Gasteiger partial charge is 0.308 e. The molecule has 1 aliphatic carbocycles. The minimum absolute atomic E-state index is 0.00778. The molecule has 1 heterocycles. The minimum atomic E-state index is -0.579. The van der Waals surface area contributed by atoms with Gasteiger partial charge in [0, 0.05) is 36.2 Å². The van der Waals surface area contributed by atoms with Crippen molar-refractivity contribution in [2.75, 3.05) is 14.2 Å². The average Bonchev–Trinajstić information content (AvgIpc) is 2.83. The number of rotatable bonds is 5. The number of benzene rings is 2. The van der Waals surface area contributed by atoms with Gasteiger partial charge in [-0.15, -0.1) is 0 Å². The van der Waals surface area contributed by atoms with Gasteiger partial charge in [-0.2, -0.15) is 5.26 Å². The van der Waals surface area contributed by atoms with Crippen molar-refractivity contribution < 1.29 is 23.8 Å². The van der Waals surface area contributed by atoms with Crippen molar-refractivity contribution in [3.8, 4) is 23.3 Å². The zero-order valence-corrected chi connectivity index (χ0v) is 19.6. The zero-order chi connectivity index (χ0) is 24.4. The van der Waals surface area contributed by atoms with Gasteiger partial charge in [-0.3, -0.25) is 14.6 Å². The number of allylic oxidation sites excluding steroid dienone is 2. The molecule has 0 amide bonds. The monoisotopic (exact) mass is 458 g/mol. The fourth-order valence-electron chi connectivity index (χ4n) is 4.81. The molecule has 7 heteroatoms. The molecule has 3 atom stereocenters. The number of esters is 1. The maximum Gasteiger partial charge on any atom is 0.308 e. The summed E-state index contributed by atoms with van der Waals surface area (Å²) in [6.07, 6.45) is 0.957. The molecule has 0 radical (unpaired) electrons. The normalized spacial score (nSPS) is 21.8. The van der Waals surface area contributed by atoms with Crippen LogP contribution in [0.1, 0.15) is 49.7 Å². The highest BCUT2D eigenvalue weighted by molar-refractivity contribution is 6.03. The first-order valence-electron chi connectivity index (χ1n) is 11.1. The van der Waals surface area contributed by atoms with Crippen molar-refractivity contribution in [1.29, 1.82) is 5.26 Å². The van der Waals surface area contributed by atoms with Crippen molar-refractivity contribution in [3.63, 3.8) is 0 Å². The highest BCUT2D eigenvalue weighted by atomic mass is 16.6. The van der Waals surface area contributed by atoms with E-state index in [1.165, 1.54) is 14.0 Å². The molecule has 1 unspecified atom stereocenters. The van der Waals surface area contributed by atoms with E-state index < -0.39 is 17.8 Å². The van der Waals surface area contributed by atoms with Gasteiger partial charge >= 0.3 is 5.97 Å². The Labute approximate surface area is 198 Å². The number of nitriles is 1. The van der Waals surface area contributed by atoms with Crippen LogP contribution in [0.4, 0.5) is 0 Å². The summed E-state index contributed by atoms with van der Waals surface area (Å²) < 4.78 is 15.9. The van der Waals surface area contributed by atoms with E-state index in [2.05, 4.69) is 6.07 Å². The molecular weight excluding hydrogens is 432 g/mol. The molecule has 2 aromatic carbocycles. The van der Waals surface area contributed by atoms with Gasteiger partial charge < -0.3 is 14.2 Å². The van der Waals surface area contributed by atoms with Crippen LogP contribution < -0.4 is 14.2 Å². The molecule has 0 bridgehead atoms. The maximum absolute atomic E-state index is 13.5. The zero-order valence-electron chi connectivity index (χ0n) is 19.6. The molecule has 7 nitrogen and oxygen atoms in total. The third-order valence-corrected chi connectivity index (χ3v) is 6.42. The molecule has 0 N–H and O–H groups in total. The number of nitrogens with zero attached hydrogens (tertiary/aromatic N) is 2. The number of carbonyl (C=O) groups excluding carboxylic acids is 2. The SMILES string of the molecule is COc1ccc([C@@H]2CC(=O)C3=C(C2)N=C(C)C(C#N)[C@H]3c2ccc(OC(C)=O)c(OC)c2)cc1. The van der Waals surface area contributed by atoms with Crippen LogP contribution in [0.3, 0.4) is 0 Å². The Hall–Kier alpha value is -3.92. The van der Waals surface area contributed by atoms with Crippen molar-refractivity contribution in [1.82, 2.24) is 0 Å². The summed E-state index contributed by atoms with van der Waals surface area (Å²) in [5.41, 5.74) is 3.80. The topological polar surface area (TPSA) is 98.0 Å². The van der Waals surface area contributed by atoms with Gasteiger partial charge in [0.05, 0.1) is 26.2 Å². The van der Waals surface area contributed by atoms with E-state index in [9.17, 15) is 14.9 Å². The molecular formula is C27H26N2O5. The first kappa shape index (κ1) is 23.2. The summed E-state index contributed by atoms with van der Waals surface area (Å²) in [4.78, 5) is 29.6. The summed E-state index contributed by atoms with van der Waals surface area (Å²) >= 11 is 0. The lowest BCUT2D eigenvalue weighted by molar-refractivity contribution is -0.132. The summed E-state index contributed by atoms with van der Waals surface area (Å²) in [6.45, 7) is 3.15. The Bertz CT molecular complexity index is 1240. The van der Waals surface area contributed by atoms with Crippen molar-refractivity contribution in [2.24, 2.45) is 10.9 Å². The van der Waals surface area contributed by atoms with Gasteiger partial charge in [-0.25, -0.2) is 0 Å². The summed E-state index contributed by atoms with van der Waals surface area (Å²) in [5, 5.41) is 9.97. The molecule has 0 aromatic heterocycles. The number of ketones is 1. The molecule has 0 saturated carbocycles. The van der Waals surface area contributed by atoms with Crippen LogP contribution in [-0.4, -0.2) is 31.7 Å². The van der Waals surface area contributed by atoms with Crippen LogP contribution in [0.15, 0.2) is 58.7 Å². The Morgan fingerprint density at radius 3 is 2.35 bits per heavy atom. The van der Waals surface area contributed by atoms with E-state index in [1.54, 1.807) is 25.3 Å². The summed E-state index contributed by atoms with van der Waals surface area (Å²) in [5.74, 6) is -0.0885. The third kappa shape index (κ3) is 4.32. The third-order valence-electron chi connectivity index (χ3n) is 6.42. The molecule has 2 aromatic rings. The molecule has 174 valence electrons. The molecule has 2 aliphatic rings. The van der Waals surface area contributed by atoms with Gasteiger partial charge in [0.15, 0.2) is 17.3 Å². The lowest BCUT2D eigenvalue weighted by Crippen LogP contribution is -2.32. The summed E-state index contributed by atoms with van der Waals surface area (Å²) in [7, 11) is 3.10.